The van der Waals surface area contributed by atoms with Crippen LogP contribution in [0.1, 0.15) is 43.2 Å². The van der Waals surface area contributed by atoms with E-state index in [0.717, 1.165) is 6.61 Å². The SMILES string of the molecule is Cc1c(C(C)NC(C)C2CCCO2)sc2ccccc12. The van der Waals surface area contributed by atoms with Gasteiger partial charge in [0.1, 0.15) is 0 Å². The van der Waals surface area contributed by atoms with Crippen molar-refractivity contribution in [3.05, 3.63) is 34.7 Å². The van der Waals surface area contributed by atoms with Crippen LogP contribution in [-0.4, -0.2) is 18.8 Å². The van der Waals surface area contributed by atoms with Gasteiger partial charge in [0.25, 0.3) is 0 Å². The number of aryl methyl sites for hydroxylation is 1. The Hall–Kier alpha value is -0.900. The Morgan fingerprint density at radius 2 is 2.10 bits per heavy atom. The highest BCUT2D eigenvalue weighted by atomic mass is 32.1. The van der Waals surface area contributed by atoms with E-state index in [1.165, 1.54) is 33.4 Å². The van der Waals surface area contributed by atoms with Crippen LogP contribution in [0.4, 0.5) is 0 Å². The van der Waals surface area contributed by atoms with Crippen LogP contribution < -0.4 is 5.32 Å². The summed E-state index contributed by atoms with van der Waals surface area (Å²) in [5.41, 5.74) is 1.42. The molecule has 108 valence electrons. The zero-order chi connectivity index (χ0) is 14.1. The molecule has 1 aromatic heterocycles. The molecule has 1 fully saturated rings. The smallest absolute Gasteiger partial charge is 0.0726 e. The molecule has 2 nitrogen and oxygen atoms in total. The molecule has 0 bridgehead atoms. The number of hydrogen-bond donors (Lipinski definition) is 1. The number of thiophene rings is 1. The van der Waals surface area contributed by atoms with Gasteiger partial charge in [0.2, 0.25) is 0 Å². The van der Waals surface area contributed by atoms with E-state index < -0.39 is 0 Å². The van der Waals surface area contributed by atoms with Gasteiger partial charge in [0, 0.05) is 28.3 Å². The van der Waals surface area contributed by atoms with Crippen molar-refractivity contribution in [1.82, 2.24) is 5.32 Å². The Balaban J connectivity index is 1.78. The summed E-state index contributed by atoms with van der Waals surface area (Å²) in [4.78, 5) is 1.45. The molecule has 1 aliphatic heterocycles. The number of fused-ring (bicyclic) bond motifs is 1. The lowest BCUT2D eigenvalue weighted by molar-refractivity contribution is 0.0805. The number of rotatable bonds is 4. The van der Waals surface area contributed by atoms with Gasteiger partial charge in [-0.1, -0.05) is 18.2 Å². The van der Waals surface area contributed by atoms with E-state index in [1.807, 2.05) is 11.3 Å². The zero-order valence-corrected chi connectivity index (χ0v) is 13.3. The van der Waals surface area contributed by atoms with Crippen LogP contribution in [0.25, 0.3) is 10.1 Å². The number of ether oxygens (including phenoxy) is 1. The Morgan fingerprint density at radius 1 is 1.30 bits per heavy atom. The van der Waals surface area contributed by atoms with E-state index in [0.29, 0.717) is 18.2 Å². The molecule has 2 aromatic rings. The first kappa shape index (κ1) is 14.1. The van der Waals surface area contributed by atoms with E-state index in [9.17, 15) is 0 Å². The molecule has 3 atom stereocenters. The fraction of sp³-hybridized carbons (Fsp3) is 0.529. The minimum Gasteiger partial charge on any atom is -0.377 e. The first-order valence-electron chi connectivity index (χ1n) is 7.52. The molecule has 1 N–H and O–H groups in total. The highest BCUT2D eigenvalue weighted by molar-refractivity contribution is 7.19. The summed E-state index contributed by atoms with van der Waals surface area (Å²) in [5, 5.41) is 5.12. The molecule has 0 spiro atoms. The molecule has 3 unspecified atom stereocenters. The largest absolute Gasteiger partial charge is 0.377 e. The minimum absolute atomic E-state index is 0.381. The molecule has 1 aromatic carbocycles. The number of nitrogens with one attached hydrogen (secondary N) is 1. The monoisotopic (exact) mass is 289 g/mol. The van der Waals surface area contributed by atoms with Crippen molar-refractivity contribution < 1.29 is 4.74 Å². The third kappa shape index (κ3) is 2.62. The summed E-state index contributed by atoms with van der Waals surface area (Å²) < 4.78 is 7.17. The van der Waals surface area contributed by atoms with Gasteiger partial charge in [0.15, 0.2) is 0 Å². The lowest BCUT2D eigenvalue weighted by Crippen LogP contribution is -2.38. The molecule has 3 rings (SSSR count). The maximum Gasteiger partial charge on any atom is 0.0726 e. The Bertz CT molecular complexity index is 586. The van der Waals surface area contributed by atoms with Crippen molar-refractivity contribution >= 4 is 21.4 Å². The molecular formula is C17H23NOS. The molecule has 0 saturated carbocycles. The lowest BCUT2D eigenvalue weighted by Gasteiger charge is -2.24. The van der Waals surface area contributed by atoms with Crippen molar-refractivity contribution in [3.63, 3.8) is 0 Å². The van der Waals surface area contributed by atoms with Crippen LogP contribution in [0.2, 0.25) is 0 Å². The lowest BCUT2D eigenvalue weighted by atomic mass is 10.1. The molecule has 1 saturated heterocycles. The maximum atomic E-state index is 5.78. The summed E-state index contributed by atoms with van der Waals surface area (Å²) in [6, 6.07) is 9.48. The summed E-state index contributed by atoms with van der Waals surface area (Å²) in [6.45, 7) is 7.67. The van der Waals surface area contributed by atoms with Crippen molar-refractivity contribution in [2.45, 2.75) is 51.8 Å². The highest BCUT2D eigenvalue weighted by Crippen LogP contribution is 2.34. The Labute approximate surface area is 125 Å². The zero-order valence-electron chi connectivity index (χ0n) is 12.5. The van der Waals surface area contributed by atoms with Crippen LogP contribution in [0, 0.1) is 6.92 Å². The van der Waals surface area contributed by atoms with Crippen LogP contribution in [-0.2, 0) is 4.74 Å². The summed E-state index contributed by atoms with van der Waals surface area (Å²) in [7, 11) is 0. The molecule has 3 heteroatoms. The first-order valence-corrected chi connectivity index (χ1v) is 8.34. The normalized spacial score (nSPS) is 22.2. The van der Waals surface area contributed by atoms with Gasteiger partial charge >= 0.3 is 0 Å². The van der Waals surface area contributed by atoms with Crippen LogP contribution in [0.3, 0.4) is 0 Å². The second-order valence-corrected chi connectivity index (χ2v) is 6.90. The second kappa shape index (κ2) is 5.84. The van der Waals surface area contributed by atoms with E-state index in [-0.39, 0.29) is 0 Å². The van der Waals surface area contributed by atoms with Crippen molar-refractivity contribution in [1.29, 1.82) is 0 Å². The first-order chi connectivity index (χ1) is 9.66. The van der Waals surface area contributed by atoms with Gasteiger partial charge in [-0.25, -0.2) is 0 Å². The van der Waals surface area contributed by atoms with Crippen LogP contribution in [0.15, 0.2) is 24.3 Å². The maximum absolute atomic E-state index is 5.78. The number of benzene rings is 1. The fourth-order valence-electron chi connectivity index (χ4n) is 3.18. The third-order valence-electron chi connectivity index (χ3n) is 4.31. The van der Waals surface area contributed by atoms with Gasteiger partial charge in [-0.05, 0) is 50.6 Å². The van der Waals surface area contributed by atoms with E-state index in [2.05, 4.69) is 50.4 Å². The molecule has 1 aliphatic rings. The predicted molar refractivity (Wildman–Crippen MR) is 86.5 cm³/mol. The highest BCUT2D eigenvalue weighted by Gasteiger charge is 2.24. The van der Waals surface area contributed by atoms with Crippen molar-refractivity contribution in [2.24, 2.45) is 0 Å². The third-order valence-corrected chi connectivity index (χ3v) is 5.76. The van der Waals surface area contributed by atoms with E-state index in [1.54, 1.807) is 0 Å². The van der Waals surface area contributed by atoms with E-state index in [4.69, 9.17) is 4.74 Å². The summed E-state index contributed by atoms with van der Waals surface area (Å²) >= 11 is 1.91. The summed E-state index contributed by atoms with van der Waals surface area (Å²) in [5.74, 6) is 0. The van der Waals surface area contributed by atoms with Crippen LogP contribution >= 0.6 is 11.3 Å². The predicted octanol–water partition coefficient (Wildman–Crippen LogP) is 4.43. The van der Waals surface area contributed by atoms with Crippen molar-refractivity contribution in [3.8, 4) is 0 Å². The molecular weight excluding hydrogens is 266 g/mol. The van der Waals surface area contributed by atoms with E-state index >= 15 is 0 Å². The fourth-order valence-corrected chi connectivity index (χ4v) is 4.40. The molecule has 2 heterocycles. The van der Waals surface area contributed by atoms with Gasteiger partial charge in [-0.2, -0.15) is 0 Å². The van der Waals surface area contributed by atoms with Gasteiger partial charge in [0.05, 0.1) is 6.10 Å². The summed E-state index contributed by atoms with van der Waals surface area (Å²) in [6.07, 6.45) is 2.77. The number of hydrogen-bond acceptors (Lipinski definition) is 3. The van der Waals surface area contributed by atoms with Gasteiger partial charge in [-0.3, -0.25) is 0 Å². The van der Waals surface area contributed by atoms with Crippen molar-refractivity contribution in [2.75, 3.05) is 6.61 Å². The molecule has 0 aliphatic carbocycles. The molecule has 0 radical (unpaired) electrons. The minimum atomic E-state index is 0.381. The standard InChI is InChI=1S/C17H23NOS/c1-11-14-7-4-5-9-16(14)20-17(11)13(3)18-12(2)15-8-6-10-19-15/h4-5,7,9,12-13,15,18H,6,8,10H2,1-3H3. The molecule has 20 heavy (non-hydrogen) atoms. The Morgan fingerprint density at radius 3 is 2.80 bits per heavy atom. The average molecular weight is 289 g/mol. The van der Waals surface area contributed by atoms with Gasteiger partial charge < -0.3 is 10.1 Å². The molecule has 0 amide bonds. The van der Waals surface area contributed by atoms with Gasteiger partial charge in [-0.15, -0.1) is 11.3 Å². The van der Waals surface area contributed by atoms with Crippen LogP contribution in [0.5, 0.6) is 0 Å². The topological polar surface area (TPSA) is 21.3 Å². The quantitative estimate of drug-likeness (QED) is 0.899. The second-order valence-electron chi connectivity index (χ2n) is 5.82. The Kier molecular flexibility index (Phi) is 4.11. The average Bonchev–Trinajstić information content (AvgIpc) is 3.07.